The van der Waals surface area contributed by atoms with Gasteiger partial charge in [-0.15, -0.1) is 0 Å². The Balaban J connectivity index is 1.75. The van der Waals surface area contributed by atoms with Crippen LogP contribution in [0.25, 0.3) is 0 Å². The van der Waals surface area contributed by atoms with E-state index in [2.05, 4.69) is 22.2 Å². The Morgan fingerprint density at radius 1 is 1.38 bits per heavy atom. The van der Waals surface area contributed by atoms with Crippen LogP contribution in [0.4, 0.5) is 0 Å². The third kappa shape index (κ3) is 2.97. The summed E-state index contributed by atoms with van der Waals surface area (Å²) in [4.78, 5) is 14.2. The molecular weight excluding hydrogens is 268 g/mol. The highest BCUT2D eigenvalue weighted by molar-refractivity contribution is 5.89. The van der Waals surface area contributed by atoms with E-state index in [1.807, 2.05) is 18.2 Å². The lowest BCUT2D eigenvalue weighted by atomic mass is 10.1. The summed E-state index contributed by atoms with van der Waals surface area (Å²) in [6.45, 7) is 4.55. The fourth-order valence-corrected chi connectivity index (χ4v) is 2.60. The zero-order valence-corrected chi connectivity index (χ0v) is 12.0. The van der Waals surface area contributed by atoms with Gasteiger partial charge in [0.05, 0.1) is 6.61 Å². The summed E-state index contributed by atoms with van der Waals surface area (Å²) >= 11 is 0. The van der Waals surface area contributed by atoms with Crippen LogP contribution in [0, 0.1) is 0 Å². The van der Waals surface area contributed by atoms with E-state index in [1.54, 1.807) is 6.92 Å². The Bertz CT molecular complexity index is 622. The maximum Gasteiger partial charge on any atom is 0.360 e. The minimum absolute atomic E-state index is 0.324. The third-order valence-electron chi connectivity index (χ3n) is 3.62. The molecule has 110 valence electrons. The second kappa shape index (κ2) is 6.10. The van der Waals surface area contributed by atoms with Crippen LogP contribution in [0.15, 0.2) is 34.9 Å². The summed E-state index contributed by atoms with van der Waals surface area (Å²) in [5.41, 5.74) is 2.45. The molecule has 0 spiro atoms. The smallest absolute Gasteiger partial charge is 0.360 e. The van der Waals surface area contributed by atoms with Crippen LogP contribution >= 0.6 is 0 Å². The van der Waals surface area contributed by atoms with Crippen molar-refractivity contribution in [3.05, 3.63) is 52.9 Å². The Kier molecular flexibility index (Phi) is 4.01. The Morgan fingerprint density at radius 2 is 2.19 bits per heavy atom. The molecule has 5 heteroatoms. The van der Waals surface area contributed by atoms with Gasteiger partial charge in [0.2, 0.25) is 0 Å². The molecule has 1 aliphatic heterocycles. The number of carbonyl (C=O) groups is 1. The van der Waals surface area contributed by atoms with E-state index in [0.717, 1.165) is 30.8 Å². The van der Waals surface area contributed by atoms with Crippen LogP contribution in [-0.4, -0.2) is 29.2 Å². The lowest BCUT2D eigenvalue weighted by Crippen LogP contribution is -2.30. The molecule has 3 rings (SSSR count). The van der Waals surface area contributed by atoms with Gasteiger partial charge in [-0.2, -0.15) is 0 Å². The number of fused-ring (bicyclic) bond motifs is 1. The Hall–Kier alpha value is -2.14. The molecule has 2 heterocycles. The van der Waals surface area contributed by atoms with Crippen LogP contribution in [0.3, 0.4) is 0 Å². The number of benzene rings is 1. The number of esters is 1. The molecule has 0 N–H and O–H groups in total. The summed E-state index contributed by atoms with van der Waals surface area (Å²) in [7, 11) is 0. The molecule has 1 aliphatic rings. The number of nitrogens with zero attached hydrogens (tertiary/aromatic N) is 2. The first kappa shape index (κ1) is 13.8. The second-order valence-corrected chi connectivity index (χ2v) is 5.10. The topological polar surface area (TPSA) is 55.6 Å². The van der Waals surface area contributed by atoms with E-state index in [0.29, 0.717) is 18.8 Å². The van der Waals surface area contributed by atoms with Crippen LogP contribution < -0.4 is 0 Å². The summed E-state index contributed by atoms with van der Waals surface area (Å²) < 4.78 is 10.3. The van der Waals surface area contributed by atoms with E-state index >= 15 is 0 Å². The predicted molar refractivity (Wildman–Crippen MR) is 76.7 cm³/mol. The fourth-order valence-electron chi connectivity index (χ4n) is 2.60. The number of aromatic nitrogens is 1. The average Bonchev–Trinajstić information content (AvgIpc) is 2.92. The molecule has 0 fully saturated rings. The van der Waals surface area contributed by atoms with Crippen molar-refractivity contribution in [3.63, 3.8) is 0 Å². The molecule has 0 saturated heterocycles. The van der Waals surface area contributed by atoms with Crippen molar-refractivity contribution in [2.75, 3.05) is 13.2 Å². The molecular formula is C16H18N2O3. The number of ether oxygens (including phenoxy) is 1. The van der Waals surface area contributed by atoms with Crippen molar-refractivity contribution in [1.29, 1.82) is 0 Å². The maximum absolute atomic E-state index is 11.9. The van der Waals surface area contributed by atoms with Gasteiger partial charge in [0, 0.05) is 31.6 Å². The molecule has 0 bridgehead atoms. The first-order chi connectivity index (χ1) is 10.3. The van der Waals surface area contributed by atoms with Crippen molar-refractivity contribution in [1.82, 2.24) is 10.1 Å². The van der Waals surface area contributed by atoms with Crippen molar-refractivity contribution < 1.29 is 14.1 Å². The third-order valence-corrected chi connectivity index (χ3v) is 3.62. The van der Waals surface area contributed by atoms with Crippen LogP contribution in [0.2, 0.25) is 0 Å². The maximum atomic E-state index is 11.9. The molecule has 1 aromatic heterocycles. The molecule has 0 radical (unpaired) electrons. The molecule has 5 nitrogen and oxygen atoms in total. The zero-order chi connectivity index (χ0) is 14.7. The summed E-state index contributed by atoms with van der Waals surface area (Å²) in [6, 6.07) is 10.3. The summed E-state index contributed by atoms with van der Waals surface area (Å²) in [5.74, 6) is 0.409. The highest BCUT2D eigenvalue weighted by Gasteiger charge is 2.28. The number of carbonyl (C=O) groups excluding carboxylic acids is 1. The van der Waals surface area contributed by atoms with Crippen LogP contribution in [0.5, 0.6) is 0 Å². The highest BCUT2D eigenvalue weighted by atomic mass is 16.5. The SMILES string of the molecule is CCOC(=O)c1noc2c1CN(Cc1ccccc1)CC2. The van der Waals surface area contributed by atoms with E-state index in [4.69, 9.17) is 9.26 Å². The van der Waals surface area contributed by atoms with E-state index < -0.39 is 5.97 Å². The highest BCUT2D eigenvalue weighted by Crippen LogP contribution is 2.24. The van der Waals surface area contributed by atoms with Crippen molar-refractivity contribution in [3.8, 4) is 0 Å². The van der Waals surface area contributed by atoms with E-state index in [1.165, 1.54) is 5.56 Å². The molecule has 0 saturated carbocycles. The first-order valence-corrected chi connectivity index (χ1v) is 7.18. The molecule has 0 amide bonds. The molecule has 0 unspecified atom stereocenters. The predicted octanol–water partition coefficient (Wildman–Crippen LogP) is 2.41. The number of hydrogen-bond donors (Lipinski definition) is 0. The second-order valence-electron chi connectivity index (χ2n) is 5.10. The lowest BCUT2D eigenvalue weighted by molar-refractivity contribution is 0.0512. The zero-order valence-electron chi connectivity index (χ0n) is 12.0. The number of rotatable bonds is 4. The van der Waals surface area contributed by atoms with Gasteiger partial charge in [-0.1, -0.05) is 35.5 Å². The minimum Gasteiger partial charge on any atom is -0.461 e. The van der Waals surface area contributed by atoms with Gasteiger partial charge < -0.3 is 9.26 Å². The molecule has 2 aromatic rings. The largest absolute Gasteiger partial charge is 0.461 e. The average molecular weight is 286 g/mol. The van der Waals surface area contributed by atoms with Gasteiger partial charge in [-0.3, -0.25) is 4.90 Å². The van der Waals surface area contributed by atoms with Gasteiger partial charge in [0.1, 0.15) is 5.76 Å². The minimum atomic E-state index is -0.399. The molecule has 0 atom stereocenters. The first-order valence-electron chi connectivity index (χ1n) is 7.18. The van der Waals surface area contributed by atoms with Gasteiger partial charge in [0.15, 0.2) is 5.69 Å². The quantitative estimate of drug-likeness (QED) is 0.808. The standard InChI is InChI=1S/C16H18N2O3/c1-2-20-16(19)15-13-11-18(9-8-14(13)21-17-15)10-12-6-4-3-5-7-12/h3-7H,2,8-11H2,1H3. The van der Waals surface area contributed by atoms with Crippen molar-refractivity contribution >= 4 is 5.97 Å². The Morgan fingerprint density at radius 3 is 2.95 bits per heavy atom. The van der Waals surface area contributed by atoms with Gasteiger partial charge in [0.25, 0.3) is 0 Å². The van der Waals surface area contributed by atoms with E-state index in [-0.39, 0.29) is 0 Å². The van der Waals surface area contributed by atoms with Gasteiger partial charge in [-0.25, -0.2) is 4.79 Å². The molecule has 21 heavy (non-hydrogen) atoms. The summed E-state index contributed by atoms with van der Waals surface area (Å²) in [5, 5.41) is 3.88. The monoisotopic (exact) mass is 286 g/mol. The van der Waals surface area contributed by atoms with Crippen LogP contribution in [-0.2, 0) is 24.2 Å². The van der Waals surface area contributed by atoms with Crippen molar-refractivity contribution in [2.45, 2.75) is 26.4 Å². The molecule has 0 aliphatic carbocycles. The fraction of sp³-hybridized carbons (Fsp3) is 0.375. The Labute approximate surface area is 123 Å². The van der Waals surface area contributed by atoms with Gasteiger partial charge in [-0.05, 0) is 12.5 Å². The molecule has 1 aromatic carbocycles. The van der Waals surface area contributed by atoms with Crippen molar-refractivity contribution in [2.24, 2.45) is 0 Å². The van der Waals surface area contributed by atoms with Gasteiger partial charge >= 0.3 is 5.97 Å². The van der Waals surface area contributed by atoms with Crippen LogP contribution in [0.1, 0.15) is 34.3 Å². The number of hydrogen-bond acceptors (Lipinski definition) is 5. The lowest BCUT2D eigenvalue weighted by Gasteiger charge is -2.25. The summed E-state index contributed by atoms with van der Waals surface area (Å²) in [6.07, 6.45) is 0.772. The normalized spacial score (nSPS) is 14.7. The van der Waals surface area contributed by atoms with E-state index in [9.17, 15) is 4.79 Å².